The SMILES string of the molecule is Clc1ccc(C=CCCOCCC=Cc2ccc(Cl)cc2)cc1. The van der Waals surface area contributed by atoms with Crippen molar-refractivity contribution < 1.29 is 4.74 Å². The first-order chi connectivity index (χ1) is 11.2. The minimum Gasteiger partial charge on any atom is -0.381 e. The summed E-state index contributed by atoms with van der Waals surface area (Å²) in [6, 6.07) is 15.6. The lowest BCUT2D eigenvalue weighted by Crippen LogP contribution is -1.94. The molecule has 1 nitrogen and oxygen atoms in total. The van der Waals surface area contributed by atoms with E-state index in [9.17, 15) is 0 Å². The number of hydrogen-bond donors (Lipinski definition) is 0. The Balaban J connectivity index is 1.55. The third kappa shape index (κ3) is 7.51. The molecule has 0 bridgehead atoms. The van der Waals surface area contributed by atoms with E-state index in [4.69, 9.17) is 27.9 Å². The quantitative estimate of drug-likeness (QED) is 0.494. The summed E-state index contributed by atoms with van der Waals surface area (Å²) in [4.78, 5) is 0. The molecule has 0 spiro atoms. The van der Waals surface area contributed by atoms with Gasteiger partial charge in [-0.05, 0) is 48.2 Å². The third-order valence-electron chi connectivity index (χ3n) is 3.22. The standard InChI is InChI=1S/C20H20Cl2O/c21-19-11-7-17(8-12-19)5-1-3-15-23-16-4-2-6-18-9-13-20(22)14-10-18/h1-2,5-14H,3-4,15-16H2. The normalized spacial score (nSPS) is 11.6. The van der Waals surface area contributed by atoms with Gasteiger partial charge < -0.3 is 4.74 Å². The molecule has 0 radical (unpaired) electrons. The molecule has 0 fully saturated rings. The second kappa shape index (κ2) is 10.3. The Bertz CT molecular complexity index is 570. The molecular formula is C20H20Cl2O. The van der Waals surface area contributed by atoms with Crippen LogP contribution in [0.3, 0.4) is 0 Å². The smallest absolute Gasteiger partial charge is 0.0500 e. The van der Waals surface area contributed by atoms with Crippen LogP contribution in [0.25, 0.3) is 12.2 Å². The predicted molar refractivity (Wildman–Crippen MR) is 101 cm³/mol. The van der Waals surface area contributed by atoms with Crippen molar-refractivity contribution in [1.29, 1.82) is 0 Å². The van der Waals surface area contributed by atoms with Crippen molar-refractivity contribution >= 4 is 35.4 Å². The molecule has 0 amide bonds. The lowest BCUT2D eigenvalue weighted by atomic mass is 10.2. The predicted octanol–water partition coefficient (Wildman–Crippen LogP) is 6.52. The molecule has 2 aromatic rings. The first-order valence-electron chi connectivity index (χ1n) is 7.66. The second-order valence-electron chi connectivity index (χ2n) is 5.10. The van der Waals surface area contributed by atoms with E-state index < -0.39 is 0 Å². The molecule has 0 N–H and O–H groups in total. The number of benzene rings is 2. The van der Waals surface area contributed by atoms with E-state index in [1.165, 1.54) is 0 Å². The van der Waals surface area contributed by atoms with Crippen LogP contribution in [0.15, 0.2) is 60.7 Å². The molecule has 3 heteroatoms. The van der Waals surface area contributed by atoms with Crippen LogP contribution >= 0.6 is 23.2 Å². The van der Waals surface area contributed by atoms with Gasteiger partial charge in [-0.3, -0.25) is 0 Å². The maximum Gasteiger partial charge on any atom is 0.0500 e. The van der Waals surface area contributed by atoms with Crippen LogP contribution in [0.1, 0.15) is 24.0 Å². The maximum absolute atomic E-state index is 5.85. The molecule has 0 saturated heterocycles. The highest BCUT2D eigenvalue weighted by atomic mass is 35.5. The number of halogens is 2. The highest BCUT2D eigenvalue weighted by Crippen LogP contribution is 2.11. The zero-order valence-electron chi connectivity index (χ0n) is 12.9. The summed E-state index contributed by atoms with van der Waals surface area (Å²) in [5, 5.41) is 1.52. The molecule has 2 rings (SSSR count). The van der Waals surface area contributed by atoms with E-state index in [-0.39, 0.29) is 0 Å². The molecule has 0 aliphatic rings. The van der Waals surface area contributed by atoms with Crippen molar-refractivity contribution in [2.75, 3.05) is 13.2 Å². The molecule has 0 heterocycles. The summed E-state index contributed by atoms with van der Waals surface area (Å²) >= 11 is 11.7. The fourth-order valence-corrected chi connectivity index (χ4v) is 2.24. The van der Waals surface area contributed by atoms with Crippen LogP contribution in [0.5, 0.6) is 0 Å². The van der Waals surface area contributed by atoms with Gasteiger partial charge in [-0.2, -0.15) is 0 Å². The molecule has 0 aliphatic carbocycles. The van der Waals surface area contributed by atoms with Crippen LogP contribution in [0, 0.1) is 0 Å². The van der Waals surface area contributed by atoms with Crippen LogP contribution in [-0.4, -0.2) is 13.2 Å². The van der Waals surface area contributed by atoms with Gasteiger partial charge in [0.25, 0.3) is 0 Å². The summed E-state index contributed by atoms with van der Waals surface area (Å²) < 4.78 is 5.60. The topological polar surface area (TPSA) is 9.23 Å². The fraction of sp³-hybridized carbons (Fsp3) is 0.200. The molecule has 23 heavy (non-hydrogen) atoms. The average Bonchev–Trinajstić information content (AvgIpc) is 2.56. The van der Waals surface area contributed by atoms with Crippen LogP contribution < -0.4 is 0 Å². The largest absolute Gasteiger partial charge is 0.381 e. The molecule has 0 atom stereocenters. The van der Waals surface area contributed by atoms with Crippen molar-refractivity contribution in [3.05, 3.63) is 81.9 Å². The Hall–Kier alpha value is -1.54. The number of ether oxygens (including phenoxy) is 1. The summed E-state index contributed by atoms with van der Waals surface area (Å²) in [6.45, 7) is 1.47. The van der Waals surface area contributed by atoms with Gasteiger partial charge in [0, 0.05) is 10.0 Å². The van der Waals surface area contributed by atoms with E-state index in [2.05, 4.69) is 24.3 Å². The van der Waals surface area contributed by atoms with Gasteiger partial charge in [0.1, 0.15) is 0 Å². The Labute approximate surface area is 148 Å². The van der Waals surface area contributed by atoms with Crippen LogP contribution in [0.4, 0.5) is 0 Å². The van der Waals surface area contributed by atoms with Gasteiger partial charge in [-0.1, -0.05) is 71.8 Å². The number of rotatable bonds is 8. The second-order valence-corrected chi connectivity index (χ2v) is 5.97. The van der Waals surface area contributed by atoms with Gasteiger partial charge in [-0.15, -0.1) is 0 Å². The Morgan fingerprint density at radius 1 is 0.652 bits per heavy atom. The first kappa shape index (κ1) is 17.8. The van der Waals surface area contributed by atoms with Gasteiger partial charge in [0.15, 0.2) is 0 Å². The minimum atomic E-state index is 0.735. The van der Waals surface area contributed by atoms with Gasteiger partial charge in [0.05, 0.1) is 13.2 Å². The minimum absolute atomic E-state index is 0.735. The Morgan fingerprint density at radius 2 is 1.04 bits per heavy atom. The van der Waals surface area contributed by atoms with Crippen molar-refractivity contribution in [1.82, 2.24) is 0 Å². The average molecular weight is 347 g/mol. The molecular weight excluding hydrogens is 327 g/mol. The van der Waals surface area contributed by atoms with Crippen molar-refractivity contribution in [2.45, 2.75) is 12.8 Å². The molecule has 0 aliphatic heterocycles. The van der Waals surface area contributed by atoms with E-state index in [0.29, 0.717) is 0 Å². The summed E-state index contributed by atoms with van der Waals surface area (Å²) in [5.41, 5.74) is 2.31. The van der Waals surface area contributed by atoms with E-state index in [1.807, 2.05) is 48.5 Å². The van der Waals surface area contributed by atoms with E-state index >= 15 is 0 Å². The monoisotopic (exact) mass is 346 g/mol. The van der Waals surface area contributed by atoms with Gasteiger partial charge in [0.2, 0.25) is 0 Å². The maximum atomic E-state index is 5.85. The Morgan fingerprint density at radius 3 is 1.43 bits per heavy atom. The first-order valence-corrected chi connectivity index (χ1v) is 8.41. The van der Waals surface area contributed by atoms with E-state index in [1.54, 1.807) is 0 Å². The number of hydrogen-bond acceptors (Lipinski definition) is 1. The molecule has 0 saturated carbocycles. The zero-order valence-corrected chi connectivity index (χ0v) is 14.4. The molecule has 0 unspecified atom stereocenters. The summed E-state index contributed by atoms with van der Waals surface area (Å²) in [5.74, 6) is 0. The van der Waals surface area contributed by atoms with Crippen molar-refractivity contribution in [3.8, 4) is 0 Å². The van der Waals surface area contributed by atoms with Crippen molar-refractivity contribution in [2.24, 2.45) is 0 Å². The zero-order chi connectivity index (χ0) is 16.3. The summed E-state index contributed by atoms with van der Waals surface area (Å²) in [7, 11) is 0. The molecule has 120 valence electrons. The highest BCUT2D eigenvalue weighted by molar-refractivity contribution is 6.30. The fourth-order valence-electron chi connectivity index (χ4n) is 1.99. The lowest BCUT2D eigenvalue weighted by Gasteiger charge is -1.99. The lowest BCUT2D eigenvalue weighted by molar-refractivity contribution is 0.143. The highest BCUT2D eigenvalue weighted by Gasteiger charge is 1.90. The van der Waals surface area contributed by atoms with Crippen molar-refractivity contribution in [3.63, 3.8) is 0 Å². The van der Waals surface area contributed by atoms with Gasteiger partial charge >= 0.3 is 0 Å². The van der Waals surface area contributed by atoms with Crippen LogP contribution in [0.2, 0.25) is 10.0 Å². The van der Waals surface area contributed by atoms with E-state index in [0.717, 1.165) is 47.2 Å². The summed E-state index contributed by atoms with van der Waals surface area (Å²) in [6.07, 6.45) is 10.2. The van der Waals surface area contributed by atoms with Crippen LogP contribution in [-0.2, 0) is 4.74 Å². The molecule has 2 aromatic carbocycles. The Kier molecular flexibility index (Phi) is 7.96. The molecule has 0 aromatic heterocycles. The van der Waals surface area contributed by atoms with Gasteiger partial charge in [-0.25, -0.2) is 0 Å². The third-order valence-corrected chi connectivity index (χ3v) is 3.72.